The third kappa shape index (κ3) is 4.67. The third-order valence-electron chi connectivity index (χ3n) is 5.18. The van der Waals surface area contributed by atoms with Crippen LogP contribution >= 0.6 is 35.6 Å². The largest absolute Gasteiger partial charge is 0.385 e. The smallest absolute Gasteiger partial charge is 0.267 e. The molecule has 0 unspecified atom stereocenters. The fourth-order valence-electron chi connectivity index (χ4n) is 3.66. The summed E-state index contributed by atoms with van der Waals surface area (Å²) in [4.78, 5) is 42.4. The topological polar surface area (TPSA) is 79.0 Å². The molecule has 2 aliphatic heterocycles. The number of thiocarbonyl (C=S) groups is 1. The third-order valence-corrected chi connectivity index (χ3v) is 6.96. The summed E-state index contributed by atoms with van der Waals surface area (Å²) in [6.45, 7) is 0.687. The summed E-state index contributed by atoms with van der Waals surface area (Å²) < 4.78 is 5.46. The average Bonchev–Trinajstić information content (AvgIpc) is 3.23. The van der Waals surface area contributed by atoms with E-state index in [-0.39, 0.29) is 22.9 Å². The molecule has 2 aliphatic rings. The molecule has 0 radical (unpaired) electrons. The minimum atomic E-state index is -0.414. The molecule has 2 heterocycles. The predicted octanol–water partition coefficient (Wildman–Crippen LogP) is 3.93. The van der Waals surface area contributed by atoms with Gasteiger partial charge in [-0.2, -0.15) is 0 Å². The van der Waals surface area contributed by atoms with E-state index in [1.165, 1.54) is 9.80 Å². The summed E-state index contributed by atoms with van der Waals surface area (Å²) >= 11 is 12.6. The number of rotatable bonds is 7. The number of carbonyl (C=O) groups excluding carboxylic acids is 3. The maximum Gasteiger partial charge on any atom is 0.267 e. The zero-order chi connectivity index (χ0) is 23.5. The molecule has 2 aromatic carbocycles. The number of methoxy groups -OCH3 is 1. The van der Waals surface area contributed by atoms with Gasteiger partial charge in [0.15, 0.2) is 0 Å². The van der Waals surface area contributed by atoms with Gasteiger partial charge in [-0.3, -0.25) is 24.2 Å². The van der Waals surface area contributed by atoms with E-state index < -0.39 is 11.8 Å². The Labute approximate surface area is 205 Å². The van der Waals surface area contributed by atoms with E-state index in [0.29, 0.717) is 45.9 Å². The van der Waals surface area contributed by atoms with Gasteiger partial charge in [0.1, 0.15) is 10.9 Å². The summed E-state index contributed by atoms with van der Waals surface area (Å²) in [5.74, 6) is -1.12. The van der Waals surface area contributed by atoms with Gasteiger partial charge in [0.05, 0.1) is 26.9 Å². The molecule has 1 N–H and O–H groups in total. The van der Waals surface area contributed by atoms with Gasteiger partial charge in [-0.15, -0.1) is 0 Å². The molecule has 0 aliphatic carbocycles. The molecule has 4 rings (SSSR count). The van der Waals surface area contributed by atoms with Gasteiger partial charge >= 0.3 is 0 Å². The van der Waals surface area contributed by atoms with Crippen LogP contribution in [0.4, 0.5) is 11.4 Å². The van der Waals surface area contributed by atoms with Crippen LogP contribution in [0.3, 0.4) is 0 Å². The van der Waals surface area contributed by atoms with E-state index in [4.69, 9.17) is 28.6 Å². The monoisotopic (exact) mass is 501 g/mol. The van der Waals surface area contributed by atoms with Crippen LogP contribution in [-0.4, -0.2) is 53.7 Å². The van der Waals surface area contributed by atoms with Crippen molar-refractivity contribution >= 4 is 74.6 Å². The van der Waals surface area contributed by atoms with Crippen LogP contribution in [-0.2, 0) is 19.1 Å². The standard InChI is InChI=1S/C23H20ClN3O4S2/c1-31-12-6-11-26-22(30)20(33-23(26)32)19-14-7-2-5-10-17(14)27(21(19)29)13-18(28)25-16-9-4-3-8-15(16)24/h2-5,7-10H,6,11-13H2,1H3,(H,25,28)/b20-19-. The molecule has 0 atom stereocenters. The number of amides is 3. The minimum absolute atomic E-state index is 0.224. The Kier molecular flexibility index (Phi) is 7.14. The van der Waals surface area contributed by atoms with Crippen molar-refractivity contribution in [1.82, 2.24) is 4.90 Å². The number of ether oxygens (including phenoxy) is 1. The molecule has 0 saturated carbocycles. The Balaban J connectivity index is 1.61. The van der Waals surface area contributed by atoms with Crippen LogP contribution in [0, 0.1) is 0 Å². The lowest BCUT2D eigenvalue weighted by Gasteiger charge is -2.17. The highest BCUT2D eigenvalue weighted by Crippen LogP contribution is 2.44. The number of anilines is 2. The van der Waals surface area contributed by atoms with Crippen molar-refractivity contribution < 1.29 is 19.1 Å². The molecular weight excluding hydrogens is 482 g/mol. The van der Waals surface area contributed by atoms with Crippen molar-refractivity contribution in [3.8, 4) is 0 Å². The van der Waals surface area contributed by atoms with Crippen LogP contribution in [0.15, 0.2) is 53.4 Å². The lowest BCUT2D eigenvalue weighted by Crippen LogP contribution is -2.35. The van der Waals surface area contributed by atoms with Gasteiger partial charge < -0.3 is 10.1 Å². The second-order valence-electron chi connectivity index (χ2n) is 7.31. The second kappa shape index (κ2) is 10.0. The second-order valence-corrected chi connectivity index (χ2v) is 9.36. The minimum Gasteiger partial charge on any atom is -0.385 e. The zero-order valence-corrected chi connectivity index (χ0v) is 20.1. The number of hydrogen-bond donors (Lipinski definition) is 1. The summed E-state index contributed by atoms with van der Waals surface area (Å²) in [5.41, 5.74) is 1.89. The van der Waals surface area contributed by atoms with Gasteiger partial charge in [0, 0.05) is 25.8 Å². The van der Waals surface area contributed by atoms with Crippen LogP contribution in [0.2, 0.25) is 5.02 Å². The van der Waals surface area contributed by atoms with E-state index in [0.717, 1.165) is 11.8 Å². The van der Waals surface area contributed by atoms with Gasteiger partial charge in [0.25, 0.3) is 11.8 Å². The first kappa shape index (κ1) is 23.4. The number of benzene rings is 2. The van der Waals surface area contributed by atoms with E-state index in [9.17, 15) is 14.4 Å². The number of fused-ring (bicyclic) bond motifs is 1. The lowest BCUT2D eigenvalue weighted by atomic mass is 10.1. The summed E-state index contributed by atoms with van der Waals surface area (Å²) in [6.07, 6.45) is 0.629. The van der Waals surface area contributed by atoms with Crippen molar-refractivity contribution in [2.45, 2.75) is 6.42 Å². The van der Waals surface area contributed by atoms with Crippen molar-refractivity contribution in [2.75, 3.05) is 37.0 Å². The number of nitrogens with one attached hydrogen (secondary N) is 1. The van der Waals surface area contributed by atoms with Crippen LogP contribution in [0.25, 0.3) is 5.57 Å². The highest BCUT2D eigenvalue weighted by molar-refractivity contribution is 8.26. The van der Waals surface area contributed by atoms with E-state index in [1.54, 1.807) is 55.6 Å². The van der Waals surface area contributed by atoms with Crippen molar-refractivity contribution in [1.29, 1.82) is 0 Å². The molecule has 10 heteroatoms. The lowest BCUT2D eigenvalue weighted by molar-refractivity contribution is -0.122. The van der Waals surface area contributed by atoms with Gasteiger partial charge in [-0.25, -0.2) is 0 Å². The number of nitrogens with zero attached hydrogens (tertiary/aromatic N) is 2. The summed E-state index contributed by atoms with van der Waals surface area (Å²) in [5, 5.41) is 3.13. The molecule has 0 bridgehead atoms. The van der Waals surface area contributed by atoms with E-state index in [1.807, 2.05) is 0 Å². The first-order chi connectivity index (χ1) is 15.9. The molecule has 3 amide bonds. The number of thioether (sulfide) groups is 1. The molecule has 33 heavy (non-hydrogen) atoms. The van der Waals surface area contributed by atoms with Crippen molar-refractivity contribution in [3.63, 3.8) is 0 Å². The quantitative estimate of drug-likeness (QED) is 0.352. The Morgan fingerprint density at radius 1 is 1.09 bits per heavy atom. The molecular formula is C23H20ClN3O4S2. The number of hydrogen-bond acceptors (Lipinski definition) is 6. The Morgan fingerprint density at radius 2 is 1.82 bits per heavy atom. The summed E-state index contributed by atoms with van der Waals surface area (Å²) in [7, 11) is 1.59. The Hall–Kier alpha value is -2.72. The molecule has 1 fully saturated rings. The first-order valence-electron chi connectivity index (χ1n) is 10.1. The molecule has 2 aromatic rings. The van der Waals surface area contributed by atoms with Gasteiger partial charge in [-0.05, 0) is 24.6 Å². The zero-order valence-electron chi connectivity index (χ0n) is 17.7. The average molecular weight is 502 g/mol. The predicted molar refractivity (Wildman–Crippen MR) is 134 cm³/mol. The van der Waals surface area contributed by atoms with Crippen LogP contribution in [0.5, 0.6) is 0 Å². The summed E-state index contributed by atoms with van der Waals surface area (Å²) in [6, 6.07) is 14.0. The molecule has 7 nitrogen and oxygen atoms in total. The number of halogens is 1. The van der Waals surface area contributed by atoms with Crippen LogP contribution < -0.4 is 10.2 Å². The molecule has 170 valence electrons. The first-order valence-corrected chi connectivity index (χ1v) is 11.7. The van der Waals surface area contributed by atoms with Gasteiger partial charge in [0.2, 0.25) is 5.91 Å². The fourth-order valence-corrected chi connectivity index (χ4v) is 5.22. The van der Waals surface area contributed by atoms with Crippen molar-refractivity contribution in [2.24, 2.45) is 0 Å². The molecule has 0 aromatic heterocycles. The highest BCUT2D eigenvalue weighted by Gasteiger charge is 2.42. The Bertz CT molecular complexity index is 1180. The highest BCUT2D eigenvalue weighted by atomic mass is 35.5. The Morgan fingerprint density at radius 3 is 2.58 bits per heavy atom. The SMILES string of the molecule is COCCCN1C(=O)/C(=C2/C(=O)N(CC(=O)Nc3ccccc3Cl)c3ccccc32)SC1=S. The maximum absolute atomic E-state index is 13.4. The number of carbonyl (C=O) groups is 3. The number of para-hydroxylation sites is 2. The normalized spacial score (nSPS) is 17.7. The molecule has 1 saturated heterocycles. The molecule has 0 spiro atoms. The van der Waals surface area contributed by atoms with Crippen LogP contribution in [0.1, 0.15) is 12.0 Å². The van der Waals surface area contributed by atoms with E-state index >= 15 is 0 Å². The van der Waals surface area contributed by atoms with Crippen molar-refractivity contribution in [3.05, 3.63) is 64.0 Å². The van der Waals surface area contributed by atoms with Gasteiger partial charge in [-0.1, -0.05) is 65.9 Å². The van der Waals surface area contributed by atoms with E-state index in [2.05, 4.69) is 5.32 Å². The fraction of sp³-hybridized carbons (Fsp3) is 0.217. The maximum atomic E-state index is 13.4.